The summed E-state index contributed by atoms with van der Waals surface area (Å²) < 4.78 is 0. The summed E-state index contributed by atoms with van der Waals surface area (Å²) in [4.78, 5) is 22.0. The molecule has 20 heavy (non-hydrogen) atoms. The number of nitrogen functional groups attached to an aromatic ring is 1. The number of nitrogens with zero attached hydrogens (tertiary/aromatic N) is 3. The summed E-state index contributed by atoms with van der Waals surface area (Å²) in [7, 11) is 0. The zero-order valence-corrected chi connectivity index (χ0v) is 12.8. The Morgan fingerprint density at radius 2 is 2.00 bits per heavy atom. The zero-order valence-electron chi connectivity index (χ0n) is 12.8. The number of nitrogens with two attached hydrogens (primary N) is 1. The normalized spacial score (nSPS) is 10.7. The Morgan fingerprint density at radius 1 is 1.35 bits per heavy atom. The second kappa shape index (κ2) is 7.67. The molecule has 112 valence electrons. The van der Waals surface area contributed by atoms with E-state index in [4.69, 9.17) is 5.73 Å². The minimum absolute atomic E-state index is 0.149. The highest BCUT2D eigenvalue weighted by molar-refractivity contribution is 5.76. The molecule has 1 rings (SSSR count). The van der Waals surface area contributed by atoms with E-state index in [1.165, 1.54) is 6.33 Å². The quantitative estimate of drug-likeness (QED) is 0.795. The van der Waals surface area contributed by atoms with Crippen LogP contribution in [-0.4, -0.2) is 40.4 Å². The fourth-order valence-electron chi connectivity index (χ4n) is 2.14. The third-order valence-corrected chi connectivity index (χ3v) is 3.24. The summed E-state index contributed by atoms with van der Waals surface area (Å²) >= 11 is 0. The van der Waals surface area contributed by atoms with Gasteiger partial charge >= 0.3 is 0 Å². The topological polar surface area (TPSA) is 84.1 Å². The maximum absolute atomic E-state index is 11.9. The lowest BCUT2D eigenvalue weighted by Crippen LogP contribution is -2.31. The Balaban J connectivity index is 2.63. The van der Waals surface area contributed by atoms with E-state index >= 15 is 0 Å². The van der Waals surface area contributed by atoms with Crippen molar-refractivity contribution in [3.63, 3.8) is 0 Å². The molecule has 1 aromatic heterocycles. The lowest BCUT2D eigenvalue weighted by molar-refractivity contribution is -0.130. The van der Waals surface area contributed by atoms with Gasteiger partial charge in [0.05, 0.1) is 0 Å². The highest BCUT2D eigenvalue weighted by atomic mass is 16.2. The van der Waals surface area contributed by atoms with Crippen molar-refractivity contribution in [3.05, 3.63) is 11.9 Å². The van der Waals surface area contributed by atoms with Crippen LogP contribution in [0.5, 0.6) is 0 Å². The average Bonchev–Trinajstić information content (AvgIpc) is 2.39. The van der Waals surface area contributed by atoms with Crippen molar-refractivity contribution in [2.45, 2.75) is 40.0 Å². The van der Waals surface area contributed by atoms with Crippen molar-refractivity contribution >= 4 is 17.5 Å². The van der Waals surface area contributed by atoms with Gasteiger partial charge in [-0.1, -0.05) is 13.8 Å². The van der Waals surface area contributed by atoms with Crippen LogP contribution >= 0.6 is 0 Å². The van der Waals surface area contributed by atoms with Gasteiger partial charge < -0.3 is 16.0 Å². The lowest BCUT2D eigenvalue weighted by atomic mass is 10.0. The van der Waals surface area contributed by atoms with E-state index in [1.54, 1.807) is 0 Å². The summed E-state index contributed by atoms with van der Waals surface area (Å²) in [5, 5.41) is 3.19. The molecule has 0 aliphatic rings. The van der Waals surface area contributed by atoms with Gasteiger partial charge in [-0.2, -0.15) is 0 Å². The minimum Gasteiger partial charge on any atom is -0.383 e. The van der Waals surface area contributed by atoms with Gasteiger partial charge in [0, 0.05) is 31.6 Å². The van der Waals surface area contributed by atoms with E-state index in [9.17, 15) is 4.79 Å². The van der Waals surface area contributed by atoms with E-state index < -0.39 is 0 Å². The lowest BCUT2D eigenvalue weighted by Gasteiger charge is -2.19. The molecule has 0 unspecified atom stereocenters. The summed E-state index contributed by atoms with van der Waals surface area (Å²) in [5.41, 5.74) is 6.78. The number of nitrogens with one attached hydrogen (secondary N) is 1. The number of aromatic nitrogens is 2. The molecule has 1 aromatic rings. The largest absolute Gasteiger partial charge is 0.383 e. The molecule has 0 aliphatic heterocycles. The van der Waals surface area contributed by atoms with Crippen molar-refractivity contribution in [2.24, 2.45) is 0 Å². The first-order valence-electron chi connectivity index (χ1n) is 7.13. The number of carbonyl (C=O) groups is 1. The molecule has 0 fully saturated rings. The van der Waals surface area contributed by atoms with Crippen molar-refractivity contribution in [1.29, 1.82) is 0 Å². The predicted molar refractivity (Wildman–Crippen MR) is 81.6 cm³/mol. The van der Waals surface area contributed by atoms with Gasteiger partial charge in [-0.3, -0.25) is 4.79 Å². The molecule has 0 atom stereocenters. The van der Waals surface area contributed by atoms with Crippen LogP contribution in [0, 0.1) is 0 Å². The molecule has 6 nitrogen and oxygen atoms in total. The number of rotatable bonds is 7. The van der Waals surface area contributed by atoms with Gasteiger partial charge in [0.2, 0.25) is 5.91 Å². The molecule has 0 saturated heterocycles. The van der Waals surface area contributed by atoms with Gasteiger partial charge in [-0.05, 0) is 19.8 Å². The number of carbonyl (C=O) groups excluding carboxylic acids is 1. The van der Waals surface area contributed by atoms with Gasteiger partial charge in [0.1, 0.15) is 18.0 Å². The Morgan fingerprint density at radius 3 is 2.55 bits per heavy atom. The van der Waals surface area contributed by atoms with Gasteiger partial charge in [-0.15, -0.1) is 0 Å². The number of hydrogen-bond acceptors (Lipinski definition) is 5. The number of amides is 1. The molecule has 6 heteroatoms. The maximum Gasteiger partial charge on any atom is 0.224 e. The van der Waals surface area contributed by atoms with E-state index in [0.29, 0.717) is 18.8 Å². The van der Waals surface area contributed by atoms with Crippen LogP contribution in [0.15, 0.2) is 6.33 Å². The molecule has 0 radical (unpaired) electrons. The van der Waals surface area contributed by atoms with E-state index in [1.807, 2.05) is 32.6 Å². The molecule has 0 spiro atoms. The molecule has 0 bridgehead atoms. The predicted octanol–water partition coefficient (Wildman–Crippen LogP) is 1.85. The Bertz CT molecular complexity index is 443. The Hall–Kier alpha value is -1.85. The second-order valence-corrected chi connectivity index (χ2v) is 4.92. The number of anilines is 2. The Labute approximate surface area is 120 Å². The summed E-state index contributed by atoms with van der Waals surface area (Å²) in [5.74, 6) is 1.60. The van der Waals surface area contributed by atoms with Crippen LogP contribution < -0.4 is 11.1 Å². The van der Waals surface area contributed by atoms with Crippen LogP contribution in [0.4, 0.5) is 11.6 Å². The third-order valence-electron chi connectivity index (χ3n) is 3.24. The fourth-order valence-corrected chi connectivity index (χ4v) is 2.14. The van der Waals surface area contributed by atoms with Crippen LogP contribution in [-0.2, 0) is 4.79 Å². The molecular formula is C14H25N5O. The first kappa shape index (κ1) is 16.2. The number of hydrogen-bond donors (Lipinski definition) is 2. The molecule has 1 heterocycles. The fraction of sp³-hybridized carbons (Fsp3) is 0.643. The zero-order chi connectivity index (χ0) is 15.1. The van der Waals surface area contributed by atoms with Crippen molar-refractivity contribution in [1.82, 2.24) is 14.9 Å². The maximum atomic E-state index is 11.9. The SMILES string of the molecule is CCN(CC)C(=O)CCNc1ncnc(N)c1C(C)C. The molecule has 1 amide bonds. The van der Waals surface area contributed by atoms with Crippen molar-refractivity contribution in [3.8, 4) is 0 Å². The molecule has 0 aliphatic carbocycles. The second-order valence-electron chi connectivity index (χ2n) is 4.92. The molecular weight excluding hydrogens is 254 g/mol. The minimum atomic E-state index is 0.149. The monoisotopic (exact) mass is 279 g/mol. The summed E-state index contributed by atoms with van der Waals surface area (Å²) in [6.07, 6.45) is 1.89. The first-order chi connectivity index (χ1) is 9.51. The van der Waals surface area contributed by atoms with Gasteiger partial charge in [0.25, 0.3) is 0 Å². The summed E-state index contributed by atoms with van der Waals surface area (Å²) in [6.45, 7) is 10.1. The van der Waals surface area contributed by atoms with Crippen LogP contribution in [0.1, 0.15) is 45.6 Å². The van der Waals surface area contributed by atoms with Crippen LogP contribution in [0.25, 0.3) is 0 Å². The van der Waals surface area contributed by atoms with Gasteiger partial charge in [0.15, 0.2) is 0 Å². The summed E-state index contributed by atoms with van der Waals surface area (Å²) in [6, 6.07) is 0. The smallest absolute Gasteiger partial charge is 0.224 e. The molecule has 3 N–H and O–H groups in total. The van der Waals surface area contributed by atoms with Crippen LogP contribution in [0.2, 0.25) is 0 Å². The standard InChI is InChI=1S/C14H25N5O/c1-5-19(6-2)11(20)7-8-16-14-12(10(3)4)13(15)17-9-18-14/h9-10H,5-8H2,1-4H3,(H3,15,16,17,18). The molecule has 0 aromatic carbocycles. The Kier molecular flexibility index (Phi) is 6.21. The van der Waals surface area contributed by atoms with E-state index in [0.717, 1.165) is 24.5 Å². The van der Waals surface area contributed by atoms with Crippen LogP contribution in [0.3, 0.4) is 0 Å². The van der Waals surface area contributed by atoms with Crippen molar-refractivity contribution < 1.29 is 4.79 Å². The molecule has 0 saturated carbocycles. The highest BCUT2D eigenvalue weighted by Gasteiger charge is 2.14. The van der Waals surface area contributed by atoms with E-state index in [-0.39, 0.29) is 11.8 Å². The van der Waals surface area contributed by atoms with E-state index in [2.05, 4.69) is 15.3 Å². The third kappa shape index (κ3) is 4.08. The van der Waals surface area contributed by atoms with Crippen molar-refractivity contribution in [2.75, 3.05) is 30.7 Å². The first-order valence-corrected chi connectivity index (χ1v) is 7.13. The highest BCUT2D eigenvalue weighted by Crippen LogP contribution is 2.25. The van der Waals surface area contributed by atoms with Gasteiger partial charge in [-0.25, -0.2) is 9.97 Å². The average molecular weight is 279 g/mol.